The van der Waals surface area contributed by atoms with Crippen LogP contribution in [0.4, 0.5) is 0 Å². The number of carbonyl (C=O) groups is 1. The molecule has 2 fully saturated rings. The van der Waals surface area contributed by atoms with Gasteiger partial charge in [0.05, 0.1) is 13.2 Å². The monoisotopic (exact) mass is 342 g/mol. The van der Waals surface area contributed by atoms with Crippen LogP contribution < -0.4 is 0 Å². The second-order valence-corrected chi connectivity index (χ2v) is 7.22. The van der Waals surface area contributed by atoms with Crippen molar-refractivity contribution >= 4 is 16.8 Å². The molecule has 1 aromatic heterocycles. The number of amides is 1. The molecule has 2 aliphatic rings. The van der Waals surface area contributed by atoms with E-state index in [2.05, 4.69) is 29.2 Å². The van der Waals surface area contributed by atoms with E-state index >= 15 is 0 Å². The Kier molecular flexibility index (Phi) is 5.04. The number of rotatable bonds is 3. The number of hydrogen-bond acceptors (Lipinski definition) is 3. The molecule has 1 N–H and O–H groups in total. The molecular weight excluding hydrogens is 316 g/mol. The Bertz CT molecular complexity index is 721. The van der Waals surface area contributed by atoms with Gasteiger partial charge in [0.2, 0.25) is 5.91 Å². The molecule has 0 radical (unpaired) electrons. The zero-order valence-corrected chi connectivity index (χ0v) is 14.6. The minimum Gasteiger partial charge on any atom is -0.381 e. The molecule has 2 aliphatic heterocycles. The molecule has 0 spiro atoms. The summed E-state index contributed by atoms with van der Waals surface area (Å²) >= 11 is 0. The van der Waals surface area contributed by atoms with Crippen LogP contribution in [0.2, 0.25) is 0 Å². The fourth-order valence-corrected chi connectivity index (χ4v) is 3.97. The van der Waals surface area contributed by atoms with E-state index in [0.717, 1.165) is 37.9 Å². The van der Waals surface area contributed by atoms with E-state index in [-0.39, 0.29) is 5.92 Å². The Labute approximate surface area is 148 Å². The first-order valence-electron chi connectivity index (χ1n) is 9.30. The van der Waals surface area contributed by atoms with Crippen LogP contribution in [-0.4, -0.2) is 55.3 Å². The molecule has 5 heteroatoms. The van der Waals surface area contributed by atoms with Gasteiger partial charge in [0.1, 0.15) is 0 Å². The lowest BCUT2D eigenvalue weighted by atomic mass is 9.96. The highest BCUT2D eigenvalue weighted by molar-refractivity contribution is 5.80. The molecule has 5 nitrogen and oxygen atoms in total. The van der Waals surface area contributed by atoms with Gasteiger partial charge in [-0.25, -0.2) is 0 Å². The maximum absolute atomic E-state index is 12.9. The molecule has 2 aromatic rings. The third-order valence-corrected chi connectivity index (χ3v) is 5.36. The van der Waals surface area contributed by atoms with Crippen molar-refractivity contribution in [2.45, 2.75) is 19.3 Å². The molecule has 0 unspecified atom stereocenters. The zero-order valence-electron chi connectivity index (χ0n) is 14.6. The van der Waals surface area contributed by atoms with Crippen LogP contribution in [-0.2, 0) is 20.7 Å². The van der Waals surface area contributed by atoms with Crippen molar-refractivity contribution in [3.05, 3.63) is 36.0 Å². The number of aromatic nitrogens is 1. The van der Waals surface area contributed by atoms with Gasteiger partial charge in [-0.05, 0) is 48.4 Å². The Morgan fingerprint density at radius 1 is 1.16 bits per heavy atom. The highest BCUT2D eigenvalue weighted by Crippen LogP contribution is 2.22. The van der Waals surface area contributed by atoms with E-state index in [1.807, 2.05) is 11.1 Å². The number of carbonyl (C=O) groups excluding carboxylic acids is 1. The van der Waals surface area contributed by atoms with Crippen LogP contribution in [0, 0.1) is 11.8 Å². The van der Waals surface area contributed by atoms with E-state index in [1.165, 1.54) is 10.9 Å². The molecule has 0 aliphatic carbocycles. The number of hydrogen-bond donors (Lipinski definition) is 1. The molecular formula is C20H26N2O3. The number of nitrogens with one attached hydrogen (secondary N) is 1. The van der Waals surface area contributed by atoms with Crippen LogP contribution in [0.5, 0.6) is 0 Å². The lowest BCUT2D eigenvalue weighted by Gasteiger charge is -2.29. The van der Waals surface area contributed by atoms with Crippen molar-refractivity contribution in [1.82, 2.24) is 9.88 Å². The van der Waals surface area contributed by atoms with Gasteiger partial charge in [-0.3, -0.25) is 4.79 Å². The van der Waals surface area contributed by atoms with Gasteiger partial charge in [-0.1, -0.05) is 6.07 Å². The Morgan fingerprint density at radius 2 is 2.04 bits per heavy atom. The lowest BCUT2D eigenvalue weighted by molar-refractivity contribution is -0.138. The van der Waals surface area contributed by atoms with Crippen LogP contribution in [0.15, 0.2) is 30.5 Å². The van der Waals surface area contributed by atoms with Gasteiger partial charge in [-0.2, -0.15) is 0 Å². The molecule has 1 amide bonds. The van der Waals surface area contributed by atoms with E-state index in [1.54, 1.807) is 0 Å². The summed E-state index contributed by atoms with van der Waals surface area (Å²) in [6.45, 7) is 4.29. The molecule has 3 heterocycles. The van der Waals surface area contributed by atoms with Crippen LogP contribution in [0.1, 0.15) is 18.4 Å². The summed E-state index contributed by atoms with van der Waals surface area (Å²) in [5, 5.41) is 1.24. The summed E-state index contributed by atoms with van der Waals surface area (Å²) in [6.07, 6.45) is 4.62. The third-order valence-electron chi connectivity index (χ3n) is 5.36. The van der Waals surface area contributed by atoms with Crippen molar-refractivity contribution in [2.24, 2.45) is 11.8 Å². The number of nitrogens with zero attached hydrogens (tertiary/aromatic N) is 1. The van der Waals surface area contributed by atoms with Crippen molar-refractivity contribution in [3.8, 4) is 0 Å². The number of benzene rings is 1. The first-order chi connectivity index (χ1) is 12.3. The fourth-order valence-electron chi connectivity index (χ4n) is 3.97. The van der Waals surface area contributed by atoms with Crippen LogP contribution >= 0.6 is 0 Å². The van der Waals surface area contributed by atoms with Crippen molar-refractivity contribution in [1.29, 1.82) is 0 Å². The summed E-state index contributed by atoms with van der Waals surface area (Å²) in [5.41, 5.74) is 2.47. The number of fused-ring (bicyclic) bond motifs is 1. The molecule has 4 rings (SSSR count). The number of H-pyrrole nitrogens is 1. The average molecular weight is 342 g/mol. The number of aromatic amines is 1. The first kappa shape index (κ1) is 16.6. The minimum atomic E-state index is 0.128. The van der Waals surface area contributed by atoms with Crippen molar-refractivity contribution < 1.29 is 14.3 Å². The van der Waals surface area contributed by atoms with E-state index in [4.69, 9.17) is 9.47 Å². The van der Waals surface area contributed by atoms with Crippen molar-refractivity contribution in [3.63, 3.8) is 0 Å². The average Bonchev–Trinajstić information content (AvgIpc) is 2.99. The first-order valence-corrected chi connectivity index (χ1v) is 9.30. The Morgan fingerprint density at radius 3 is 2.92 bits per heavy atom. The normalized spacial score (nSPS) is 22.9. The zero-order chi connectivity index (χ0) is 17.1. The standard InChI is InChI=1S/C20H26N2O3/c23-20(17-4-8-24-9-5-17)22-7-10-25-14-16(13-22)11-15-1-2-19-18(12-15)3-6-21-19/h1-3,6,12,16-17,21H,4-5,7-11,13-14H2/t16-/m0/s1. The summed E-state index contributed by atoms with van der Waals surface area (Å²) in [5.74, 6) is 0.770. The SMILES string of the molecule is O=C(C1CCOCC1)N1CCOC[C@@H](Cc2ccc3[nH]ccc3c2)C1. The second-order valence-electron chi connectivity index (χ2n) is 7.22. The third kappa shape index (κ3) is 3.88. The molecule has 0 saturated carbocycles. The molecule has 1 aromatic carbocycles. The quantitative estimate of drug-likeness (QED) is 0.933. The smallest absolute Gasteiger partial charge is 0.225 e. The highest BCUT2D eigenvalue weighted by Gasteiger charge is 2.29. The van der Waals surface area contributed by atoms with Gasteiger partial charge in [0.15, 0.2) is 0 Å². The summed E-state index contributed by atoms with van der Waals surface area (Å²) < 4.78 is 11.2. The molecule has 2 saturated heterocycles. The Hall–Kier alpha value is -1.85. The fraction of sp³-hybridized carbons (Fsp3) is 0.550. The van der Waals surface area contributed by atoms with Gasteiger partial charge in [-0.15, -0.1) is 0 Å². The van der Waals surface area contributed by atoms with Gasteiger partial charge < -0.3 is 19.4 Å². The molecule has 0 bridgehead atoms. The minimum absolute atomic E-state index is 0.128. The van der Waals surface area contributed by atoms with Crippen LogP contribution in [0.3, 0.4) is 0 Å². The molecule has 134 valence electrons. The predicted octanol–water partition coefficient (Wildman–Crippen LogP) is 2.61. The summed E-state index contributed by atoms with van der Waals surface area (Å²) in [6, 6.07) is 8.65. The molecule has 1 atom stereocenters. The maximum atomic E-state index is 12.9. The van der Waals surface area contributed by atoms with E-state index < -0.39 is 0 Å². The van der Waals surface area contributed by atoms with Crippen LogP contribution in [0.25, 0.3) is 10.9 Å². The van der Waals surface area contributed by atoms with Gasteiger partial charge >= 0.3 is 0 Å². The number of ether oxygens (including phenoxy) is 2. The van der Waals surface area contributed by atoms with E-state index in [0.29, 0.717) is 38.2 Å². The summed E-state index contributed by atoms with van der Waals surface area (Å²) in [7, 11) is 0. The Balaban J connectivity index is 1.42. The largest absolute Gasteiger partial charge is 0.381 e. The van der Waals surface area contributed by atoms with Gasteiger partial charge in [0.25, 0.3) is 0 Å². The topological polar surface area (TPSA) is 54.6 Å². The van der Waals surface area contributed by atoms with E-state index in [9.17, 15) is 4.79 Å². The summed E-state index contributed by atoms with van der Waals surface area (Å²) in [4.78, 5) is 18.1. The highest BCUT2D eigenvalue weighted by atomic mass is 16.5. The van der Waals surface area contributed by atoms with Crippen molar-refractivity contribution in [2.75, 3.05) is 39.5 Å². The molecule has 25 heavy (non-hydrogen) atoms. The predicted molar refractivity (Wildman–Crippen MR) is 96.4 cm³/mol. The second kappa shape index (κ2) is 7.58. The maximum Gasteiger partial charge on any atom is 0.225 e. The lowest BCUT2D eigenvalue weighted by Crippen LogP contribution is -2.41. The van der Waals surface area contributed by atoms with Gasteiger partial charge in [0, 0.05) is 49.9 Å².